The minimum Gasteiger partial charge on any atom is -0.383 e. The van der Waals surface area contributed by atoms with Crippen LogP contribution in [-0.2, 0) is 16.1 Å². The van der Waals surface area contributed by atoms with Gasteiger partial charge < -0.3 is 26.0 Å². The van der Waals surface area contributed by atoms with E-state index in [1.54, 1.807) is 18.0 Å². The van der Waals surface area contributed by atoms with Crippen molar-refractivity contribution in [2.24, 2.45) is 5.41 Å². The van der Waals surface area contributed by atoms with E-state index in [2.05, 4.69) is 62.4 Å². The highest BCUT2D eigenvalue weighted by Gasteiger charge is 2.35. The van der Waals surface area contributed by atoms with Crippen LogP contribution in [0.1, 0.15) is 32.5 Å². The SMILES string of the molecule is COCCn1cc(Nc2ncc3c(n2)N(C)NC3NC2=CC(NC(=O)CN3CC(C)(C)C3)=CNC2C)cn1. The highest BCUT2D eigenvalue weighted by atomic mass is 16.5. The van der Waals surface area contributed by atoms with Crippen LogP contribution in [0.3, 0.4) is 0 Å². The van der Waals surface area contributed by atoms with Gasteiger partial charge in [-0.2, -0.15) is 10.1 Å². The van der Waals surface area contributed by atoms with Crippen molar-refractivity contribution in [3.05, 3.63) is 47.8 Å². The lowest BCUT2D eigenvalue weighted by atomic mass is 9.84. The number of fused-ring (bicyclic) bond motifs is 1. The van der Waals surface area contributed by atoms with Crippen molar-refractivity contribution in [1.82, 2.24) is 46.0 Å². The molecule has 38 heavy (non-hydrogen) atoms. The molecule has 0 aromatic carbocycles. The van der Waals surface area contributed by atoms with Gasteiger partial charge in [0.2, 0.25) is 11.9 Å². The Balaban J connectivity index is 1.21. The Morgan fingerprint density at radius 2 is 2.11 bits per heavy atom. The first kappa shape index (κ1) is 25.9. The lowest BCUT2D eigenvalue weighted by Gasteiger charge is -2.45. The molecule has 204 valence electrons. The molecule has 0 saturated carbocycles. The lowest BCUT2D eigenvalue weighted by molar-refractivity contribution is -0.124. The Kier molecular flexibility index (Phi) is 7.23. The van der Waals surface area contributed by atoms with Gasteiger partial charge in [-0.15, -0.1) is 0 Å². The van der Waals surface area contributed by atoms with Gasteiger partial charge in [0.1, 0.15) is 6.17 Å². The number of nitrogens with zero attached hydrogens (tertiary/aromatic N) is 6. The molecule has 3 aliphatic heterocycles. The van der Waals surface area contributed by atoms with Crippen LogP contribution in [0.25, 0.3) is 0 Å². The third-order valence-electron chi connectivity index (χ3n) is 6.69. The molecule has 1 fully saturated rings. The molecule has 2 unspecified atom stereocenters. The van der Waals surface area contributed by atoms with E-state index in [1.165, 1.54) is 0 Å². The second-order valence-electron chi connectivity index (χ2n) is 10.8. The van der Waals surface area contributed by atoms with E-state index < -0.39 is 0 Å². The van der Waals surface area contributed by atoms with Crippen molar-refractivity contribution < 1.29 is 9.53 Å². The Morgan fingerprint density at radius 3 is 2.87 bits per heavy atom. The molecule has 0 aliphatic carbocycles. The van der Waals surface area contributed by atoms with E-state index in [4.69, 9.17) is 9.72 Å². The van der Waals surface area contributed by atoms with Crippen LogP contribution in [0.4, 0.5) is 17.5 Å². The molecule has 13 nitrogen and oxygen atoms in total. The highest BCUT2D eigenvalue weighted by Crippen LogP contribution is 2.31. The van der Waals surface area contributed by atoms with Crippen molar-refractivity contribution >= 4 is 23.4 Å². The molecule has 13 heteroatoms. The summed E-state index contributed by atoms with van der Waals surface area (Å²) in [5.74, 6) is 1.24. The van der Waals surface area contributed by atoms with Gasteiger partial charge in [0.15, 0.2) is 5.82 Å². The average molecular weight is 524 g/mol. The van der Waals surface area contributed by atoms with Crippen LogP contribution in [0.15, 0.2) is 42.3 Å². The number of methoxy groups -OCH3 is 1. The smallest absolute Gasteiger partial charge is 0.238 e. The Bertz CT molecular complexity index is 1230. The number of carbonyl (C=O) groups is 1. The number of carbonyl (C=O) groups excluding carboxylic acids is 1. The second-order valence-corrected chi connectivity index (χ2v) is 10.8. The summed E-state index contributed by atoms with van der Waals surface area (Å²) in [7, 11) is 3.58. The number of ether oxygens (including phenoxy) is 1. The van der Waals surface area contributed by atoms with E-state index in [-0.39, 0.29) is 18.1 Å². The summed E-state index contributed by atoms with van der Waals surface area (Å²) < 4.78 is 6.90. The maximum absolute atomic E-state index is 12.6. The molecule has 1 amide bonds. The minimum atomic E-state index is -0.227. The molecule has 1 saturated heterocycles. The minimum absolute atomic E-state index is 0.0135. The van der Waals surface area contributed by atoms with Crippen LogP contribution in [0.2, 0.25) is 0 Å². The quantitative estimate of drug-likeness (QED) is 0.302. The van der Waals surface area contributed by atoms with Crippen LogP contribution >= 0.6 is 0 Å². The molecular weight excluding hydrogens is 486 g/mol. The highest BCUT2D eigenvalue weighted by molar-refractivity contribution is 5.80. The maximum atomic E-state index is 12.6. The van der Waals surface area contributed by atoms with Crippen molar-refractivity contribution in [3.63, 3.8) is 0 Å². The molecule has 5 N–H and O–H groups in total. The summed E-state index contributed by atoms with van der Waals surface area (Å²) in [5.41, 5.74) is 7.07. The van der Waals surface area contributed by atoms with Gasteiger partial charge in [0.05, 0.1) is 48.9 Å². The number of hydrogen-bond donors (Lipinski definition) is 5. The molecule has 2 atom stereocenters. The molecule has 5 heterocycles. The van der Waals surface area contributed by atoms with Gasteiger partial charge in [0, 0.05) is 51.5 Å². The number of hydrogen-bond acceptors (Lipinski definition) is 11. The maximum Gasteiger partial charge on any atom is 0.238 e. The summed E-state index contributed by atoms with van der Waals surface area (Å²) in [4.78, 5) is 23.9. The van der Waals surface area contributed by atoms with E-state index in [0.29, 0.717) is 31.1 Å². The monoisotopic (exact) mass is 523 g/mol. The zero-order valence-corrected chi connectivity index (χ0v) is 22.6. The predicted octanol–water partition coefficient (Wildman–Crippen LogP) is 0.781. The molecule has 5 rings (SSSR count). The summed E-state index contributed by atoms with van der Waals surface area (Å²) in [6.07, 6.45) is 9.01. The number of hydrazine groups is 1. The number of rotatable bonds is 10. The number of likely N-dealkylation sites (tertiary alicyclic amines) is 1. The Morgan fingerprint density at radius 1 is 1.29 bits per heavy atom. The summed E-state index contributed by atoms with van der Waals surface area (Å²) in [6, 6.07) is 0.0412. The molecule has 2 aromatic rings. The van der Waals surface area contributed by atoms with Crippen LogP contribution in [0.5, 0.6) is 0 Å². The standard InChI is InChI=1S/C25H37N11O2/c1-16-20(8-17(9-26-16)29-21(37)13-35-14-25(2,3)15-35)31-22-19-11-27-24(32-23(19)34(4)33-22)30-18-10-28-36(12-18)6-7-38-5/h8-12,16,22,26,31,33H,6-7,13-15H2,1-5H3,(H,29,37)(H,27,30,32). The first-order valence-corrected chi connectivity index (χ1v) is 12.8. The molecule has 3 aliphatic rings. The number of aromatic nitrogens is 4. The number of dihydropyridines is 1. The molecule has 0 radical (unpaired) electrons. The number of nitrogens with one attached hydrogen (secondary N) is 5. The zero-order valence-electron chi connectivity index (χ0n) is 22.6. The first-order chi connectivity index (χ1) is 18.2. The third-order valence-corrected chi connectivity index (χ3v) is 6.69. The lowest BCUT2D eigenvalue weighted by Crippen LogP contribution is -2.55. The van der Waals surface area contributed by atoms with Crippen LogP contribution in [0, 0.1) is 5.41 Å². The fourth-order valence-corrected chi connectivity index (χ4v) is 4.94. The fourth-order valence-electron chi connectivity index (χ4n) is 4.94. The van der Waals surface area contributed by atoms with Crippen molar-refractivity contribution in [2.45, 2.75) is 39.5 Å². The van der Waals surface area contributed by atoms with E-state index in [1.807, 2.05) is 36.7 Å². The molecule has 0 bridgehead atoms. The van der Waals surface area contributed by atoms with Gasteiger partial charge in [-0.1, -0.05) is 13.8 Å². The number of anilines is 3. The van der Waals surface area contributed by atoms with Crippen molar-refractivity contribution in [3.8, 4) is 0 Å². The average Bonchev–Trinajstić information content (AvgIpc) is 3.42. The summed E-state index contributed by atoms with van der Waals surface area (Å²) in [6.45, 7) is 10.0. The van der Waals surface area contributed by atoms with Gasteiger partial charge in [-0.3, -0.25) is 19.4 Å². The Labute approximate surface area is 222 Å². The first-order valence-electron chi connectivity index (χ1n) is 12.8. The normalized spacial score (nSPS) is 22.1. The van der Waals surface area contributed by atoms with Gasteiger partial charge in [0.25, 0.3) is 0 Å². The predicted molar refractivity (Wildman–Crippen MR) is 144 cm³/mol. The number of amides is 1. The summed E-state index contributed by atoms with van der Waals surface area (Å²) >= 11 is 0. The van der Waals surface area contributed by atoms with E-state index >= 15 is 0 Å². The van der Waals surface area contributed by atoms with E-state index in [9.17, 15) is 4.79 Å². The topological polar surface area (TPSA) is 137 Å². The van der Waals surface area contributed by atoms with Crippen LogP contribution < -0.4 is 31.7 Å². The largest absolute Gasteiger partial charge is 0.383 e. The molecular formula is C25H37N11O2. The zero-order chi connectivity index (χ0) is 26.9. The van der Waals surface area contributed by atoms with Crippen molar-refractivity contribution in [2.75, 3.05) is 50.7 Å². The fraction of sp³-hybridized carbons (Fsp3) is 0.520. The Hall–Kier alpha value is -3.68. The van der Waals surface area contributed by atoms with Crippen molar-refractivity contribution in [1.29, 1.82) is 0 Å². The molecule has 0 spiro atoms. The second kappa shape index (κ2) is 10.6. The van der Waals surface area contributed by atoms with Gasteiger partial charge >= 0.3 is 0 Å². The van der Waals surface area contributed by atoms with Crippen LogP contribution in [-0.4, -0.2) is 77.0 Å². The summed E-state index contributed by atoms with van der Waals surface area (Å²) in [5, 5.41) is 19.3. The van der Waals surface area contributed by atoms with Gasteiger partial charge in [-0.25, -0.2) is 10.4 Å². The number of allylic oxidation sites excluding steroid dienone is 1. The molecule has 2 aromatic heterocycles. The van der Waals surface area contributed by atoms with Gasteiger partial charge in [-0.05, 0) is 18.4 Å². The third kappa shape index (κ3) is 5.90. The van der Waals surface area contributed by atoms with E-state index in [0.717, 1.165) is 41.6 Å².